The minimum atomic E-state index is -4.64. The van der Waals surface area contributed by atoms with Gasteiger partial charge in [-0.1, -0.05) is 36.4 Å². The molecule has 1 aliphatic heterocycles. The van der Waals surface area contributed by atoms with E-state index in [1.807, 2.05) is 72.8 Å². The number of benzene rings is 3. The number of hydrogen-bond donors (Lipinski definition) is 1. The van der Waals surface area contributed by atoms with E-state index in [-0.39, 0.29) is 5.56 Å². The van der Waals surface area contributed by atoms with Crippen LogP contribution in [0.5, 0.6) is 11.5 Å². The maximum Gasteiger partial charge on any atom is 0.446 e. The van der Waals surface area contributed by atoms with Crippen molar-refractivity contribution in [2.75, 3.05) is 13.2 Å². The van der Waals surface area contributed by atoms with Crippen LogP contribution < -0.4 is 20.8 Å². The Balaban J connectivity index is 0.000000531. The van der Waals surface area contributed by atoms with Gasteiger partial charge in [0.15, 0.2) is 0 Å². The van der Waals surface area contributed by atoms with Gasteiger partial charge >= 0.3 is 6.18 Å². The highest BCUT2D eigenvalue weighted by atomic mass is 19.4. The summed E-state index contributed by atoms with van der Waals surface area (Å²) in [5.41, 5.74) is 9.41. The van der Waals surface area contributed by atoms with Crippen molar-refractivity contribution in [1.29, 1.82) is 0 Å². The molecule has 202 valence electrons. The molecule has 10 heteroatoms. The Bertz CT molecular complexity index is 1510. The lowest BCUT2D eigenvalue weighted by molar-refractivity contribution is -0.156. The first-order valence-corrected chi connectivity index (χ1v) is 12.2. The fourth-order valence-corrected chi connectivity index (χ4v) is 4.06. The van der Waals surface area contributed by atoms with Crippen molar-refractivity contribution in [1.82, 2.24) is 9.55 Å². The lowest BCUT2D eigenvalue weighted by atomic mass is 10.1. The van der Waals surface area contributed by atoms with Crippen LogP contribution in [0.4, 0.5) is 13.2 Å². The molecule has 0 aliphatic carbocycles. The fraction of sp³-hybridized carbons (Fsp3) is 0.207. The topological polar surface area (TPSA) is 96.4 Å². The van der Waals surface area contributed by atoms with Crippen LogP contribution in [0.2, 0.25) is 0 Å². The highest BCUT2D eigenvalue weighted by Gasteiger charge is 2.25. The molecule has 1 aromatic heterocycles. The molecule has 0 fully saturated rings. The molecular weight excluding hydrogens is 511 g/mol. The number of para-hydroxylation sites is 1. The molecule has 39 heavy (non-hydrogen) atoms. The Kier molecular flexibility index (Phi) is 8.77. The maximum atomic E-state index is 12.5. The van der Waals surface area contributed by atoms with Crippen LogP contribution in [0.25, 0.3) is 22.6 Å². The van der Waals surface area contributed by atoms with Crippen LogP contribution in [0, 0.1) is 0 Å². The van der Waals surface area contributed by atoms with E-state index in [1.54, 1.807) is 0 Å². The quantitative estimate of drug-likeness (QED) is 0.333. The van der Waals surface area contributed by atoms with Crippen LogP contribution >= 0.6 is 0 Å². The molecule has 0 unspecified atom stereocenters. The third-order valence-electron chi connectivity index (χ3n) is 5.85. The summed E-state index contributed by atoms with van der Waals surface area (Å²) in [4.78, 5) is 25.5. The molecular formula is C29H26F3N3O4. The molecule has 7 nitrogen and oxygen atoms in total. The number of carbonyl (C=O) groups is 1. The fourth-order valence-electron chi connectivity index (χ4n) is 4.06. The number of ether oxygens (including phenoxy) is 2. The SMILES string of the molecule is NCCOc1ccc(COc2ccc(/C=C3\CCn4c3nc(=O)c3ccccc34)cc2)cc1.O=CC(F)(F)F. The number of aryl methyl sites for hydroxylation is 1. The van der Waals surface area contributed by atoms with Crippen LogP contribution in [0.1, 0.15) is 23.4 Å². The van der Waals surface area contributed by atoms with E-state index < -0.39 is 12.5 Å². The molecule has 3 aromatic carbocycles. The van der Waals surface area contributed by atoms with E-state index in [9.17, 15) is 18.0 Å². The Morgan fingerprint density at radius 2 is 1.59 bits per heavy atom. The Labute approximate surface area is 222 Å². The number of fused-ring (bicyclic) bond motifs is 3. The molecule has 0 amide bonds. The summed E-state index contributed by atoms with van der Waals surface area (Å²) >= 11 is 0. The second-order valence-corrected chi connectivity index (χ2v) is 8.63. The third-order valence-corrected chi connectivity index (χ3v) is 5.85. The normalized spacial score (nSPS) is 13.5. The lowest BCUT2D eigenvalue weighted by Gasteiger charge is -2.09. The van der Waals surface area contributed by atoms with E-state index in [0.29, 0.717) is 25.1 Å². The molecule has 2 heterocycles. The highest BCUT2D eigenvalue weighted by Crippen LogP contribution is 2.30. The van der Waals surface area contributed by atoms with Gasteiger partial charge in [0, 0.05) is 13.1 Å². The van der Waals surface area contributed by atoms with E-state index in [2.05, 4.69) is 15.6 Å². The number of nitrogens with zero attached hydrogens (tertiary/aromatic N) is 2. The number of hydrogen-bond acceptors (Lipinski definition) is 6. The van der Waals surface area contributed by atoms with Gasteiger partial charge in [-0.2, -0.15) is 18.2 Å². The standard InChI is InChI=1S/C27H25N3O3.C2HF3O/c28-14-16-32-22-11-7-20(8-12-22)18-33-23-9-5-19(6-10-23)17-21-13-15-30-25-4-2-1-3-24(25)27(31)29-26(21)30;3-2(4,5)1-6/h1-12,17H,13-16,18,28H2;1H/b21-17+;. The van der Waals surface area contributed by atoms with Crippen molar-refractivity contribution in [3.8, 4) is 11.5 Å². The van der Waals surface area contributed by atoms with E-state index in [4.69, 9.17) is 20.0 Å². The number of alkyl halides is 3. The minimum absolute atomic E-state index is 0.174. The summed E-state index contributed by atoms with van der Waals surface area (Å²) in [6.07, 6.45) is -2.75. The number of nitrogens with two attached hydrogens (primary N) is 1. The number of aromatic nitrogens is 2. The van der Waals surface area contributed by atoms with Crippen molar-refractivity contribution in [3.05, 3.63) is 100 Å². The summed E-state index contributed by atoms with van der Waals surface area (Å²) in [5, 5.41) is 0.668. The highest BCUT2D eigenvalue weighted by molar-refractivity contribution is 5.85. The third kappa shape index (κ3) is 7.32. The molecule has 0 saturated carbocycles. The summed E-state index contributed by atoms with van der Waals surface area (Å²) in [7, 11) is 0. The zero-order valence-corrected chi connectivity index (χ0v) is 20.9. The summed E-state index contributed by atoms with van der Waals surface area (Å²) < 4.78 is 44.8. The second kappa shape index (κ2) is 12.4. The number of carbonyl (C=O) groups excluding carboxylic acids is 1. The first-order chi connectivity index (χ1) is 18.8. The number of aldehydes is 1. The van der Waals surface area contributed by atoms with Crippen molar-refractivity contribution >= 4 is 28.8 Å². The largest absolute Gasteiger partial charge is 0.492 e. The molecule has 0 radical (unpaired) electrons. The van der Waals surface area contributed by atoms with E-state index >= 15 is 0 Å². The van der Waals surface area contributed by atoms with Crippen LogP contribution in [0.3, 0.4) is 0 Å². The molecule has 0 saturated heterocycles. The molecule has 0 spiro atoms. The molecule has 1 aliphatic rings. The van der Waals surface area contributed by atoms with Crippen LogP contribution in [-0.4, -0.2) is 35.2 Å². The monoisotopic (exact) mass is 537 g/mol. The average Bonchev–Trinajstić information content (AvgIpc) is 3.34. The Morgan fingerprint density at radius 1 is 0.949 bits per heavy atom. The number of halogens is 3. The zero-order valence-electron chi connectivity index (χ0n) is 20.9. The lowest BCUT2D eigenvalue weighted by Crippen LogP contribution is -2.14. The van der Waals surface area contributed by atoms with E-state index in [0.717, 1.165) is 52.5 Å². The van der Waals surface area contributed by atoms with Gasteiger partial charge < -0.3 is 19.8 Å². The zero-order chi connectivity index (χ0) is 27.8. The molecule has 5 rings (SSSR count). The predicted molar refractivity (Wildman–Crippen MR) is 142 cm³/mol. The van der Waals surface area contributed by atoms with Gasteiger partial charge in [0.1, 0.15) is 30.5 Å². The maximum absolute atomic E-state index is 12.5. The molecule has 0 atom stereocenters. The molecule has 0 bridgehead atoms. The van der Waals surface area contributed by atoms with Gasteiger partial charge in [-0.15, -0.1) is 0 Å². The second-order valence-electron chi connectivity index (χ2n) is 8.63. The van der Waals surface area contributed by atoms with Crippen molar-refractivity contribution in [2.45, 2.75) is 25.7 Å². The summed E-state index contributed by atoms with van der Waals surface area (Å²) in [5.74, 6) is 2.37. The van der Waals surface area contributed by atoms with Gasteiger partial charge in [0.2, 0.25) is 6.29 Å². The van der Waals surface area contributed by atoms with Gasteiger partial charge in [-0.05, 0) is 65.6 Å². The van der Waals surface area contributed by atoms with Gasteiger partial charge in [-0.25, -0.2) is 0 Å². The average molecular weight is 538 g/mol. The first kappa shape index (κ1) is 27.6. The predicted octanol–water partition coefficient (Wildman–Crippen LogP) is 5.00. The van der Waals surface area contributed by atoms with Crippen LogP contribution in [-0.2, 0) is 17.9 Å². The van der Waals surface area contributed by atoms with Gasteiger partial charge in [0.05, 0.1) is 10.9 Å². The first-order valence-electron chi connectivity index (χ1n) is 12.2. The summed E-state index contributed by atoms with van der Waals surface area (Å²) in [6.45, 7) is 2.31. The number of rotatable bonds is 7. The van der Waals surface area contributed by atoms with Crippen molar-refractivity contribution < 1.29 is 27.4 Å². The minimum Gasteiger partial charge on any atom is -0.492 e. The van der Waals surface area contributed by atoms with Crippen molar-refractivity contribution in [3.63, 3.8) is 0 Å². The van der Waals surface area contributed by atoms with Crippen molar-refractivity contribution in [2.24, 2.45) is 5.73 Å². The smallest absolute Gasteiger partial charge is 0.446 e. The molecule has 2 N–H and O–H groups in total. The van der Waals surface area contributed by atoms with Gasteiger partial charge in [0.25, 0.3) is 5.56 Å². The summed E-state index contributed by atoms with van der Waals surface area (Å²) in [6, 6.07) is 23.4. The van der Waals surface area contributed by atoms with Crippen LogP contribution in [0.15, 0.2) is 77.6 Å². The Morgan fingerprint density at radius 3 is 2.26 bits per heavy atom. The number of allylic oxidation sites excluding steroid dienone is 1. The van der Waals surface area contributed by atoms with E-state index in [1.165, 1.54) is 0 Å². The molecule has 4 aromatic rings. The van der Waals surface area contributed by atoms with Gasteiger partial charge in [-0.3, -0.25) is 9.59 Å². The Hall–Kier alpha value is -4.44.